The quantitative estimate of drug-likeness (QED) is 0.756. The van der Waals surface area contributed by atoms with Crippen molar-refractivity contribution in [3.8, 4) is 0 Å². The van der Waals surface area contributed by atoms with Crippen LogP contribution in [0.3, 0.4) is 0 Å². The molecule has 1 aromatic heterocycles. The first-order valence-corrected chi connectivity index (χ1v) is 4.95. The van der Waals surface area contributed by atoms with Crippen LogP contribution in [0.25, 0.3) is 0 Å². The van der Waals surface area contributed by atoms with Gasteiger partial charge in [-0.3, -0.25) is 0 Å². The normalized spacial score (nSPS) is 9.60. The first-order valence-electron chi connectivity index (χ1n) is 4.95. The standard InChI is InChI=1S/C12H14N2.Ni/c1-2-5-12(6-3-1)7-4-9-14-10-8-13-11-14;/h1-3,5-6,8,10-11H,4,7,9H2;. The van der Waals surface area contributed by atoms with Crippen LogP contribution in [0.4, 0.5) is 0 Å². The summed E-state index contributed by atoms with van der Waals surface area (Å²) in [5.41, 5.74) is 1.41. The summed E-state index contributed by atoms with van der Waals surface area (Å²) in [4.78, 5) is 4.01. The van der Waals surface area contributed by atoms with E-state index in [1.54, 1.807) is 0 Å². The Kier molecular flexibility index (Phi) is 5.13. The molecule has 2 rings (SSSR count). The third-order valence-corrected chi connectivity index (χ3v) is 2.28. The molecule has 0 aliphatic carbocycles. The Hall–Kier alpha value is -1.08. The number of imidazole rings is 1. The Morgan fingerprint density at radius 1 is 1.13 bits per heavy atom. The summed E-state index contributed by atoms with van der Waals surface area (Å²) >= 11 is 0. The maximum Gasteiger partial charge on any atom is 0.0945 e. The van der Waals surface area contributed by atoms with Crippen molar-refractivity contribution in [3.63, 3.8) is 0 Å². The van der Waals surface area contributed by atoms with Gasteiger partial charge in [0.2, 0.25) is 0 Å². The maximum absolute atomic E-state index is 4.01. The molecule has 0 saturated carbocycles. The van der Waals surface area contributed by atoms with E-state index in [-0.39, 0.29) is 16.5 Å². The van der Waals surface area contributed by atoms with Crippen molar-refractivity contribution >= 4 is 0 Å². The summed E-state index contributed by atoms with van der Waals surface area (Å²) in [6, 6.07) is 10.6. The van der Waals surface area contributed by atoms with E-state index in [2.05, 4.69) is 39.9 Å². The van der Waals surface area contributed by atoms with Crippen LogP contribution < -0.4 is 0 Å². The molecule has 0 N–H and O–H groups in total. The molecule has 0 aliphatic heterocycles. The van der Waals surface area contributed by atoms with Crippen LogP contribution in [0.15, 0.2) is 49.1 Å². The molecule has 0 unspecified atom stereocenters. The Balaban J connectivity index is 0.00000112. The SMILES string of the molecule is [Ni].c1ccc(CCCn2ccnc2)cc1. The van der Waals surface area contributed by atoms with E-state index in [0.29, 0.717) is 0 Å². The van der Waals surface area contributed by atoms with Gasteiger partial charge < -0.3 is 4.57 Å². The summed E-state index contributed by atoms with van der Waals surface area (Å²) in [6.45, 7) is 1.05. The fourth-order valence-electron chi connectivity index (χ4n) is 1.53. The minimum absolute atomic E-state index is 0. The van der Waals surface area contributed by atoms with Gasteiger partial charge in [0.15, 0.2) is 0 Å². The number of hydrogen-bond acceptors (Lipinski definition) is 1. The number of aromatic nitrogens is 2. The van der Waals surface area contributed by atoms with Gasteiger partial charge in [-0.15, -0.1) is 0 Å². The average molecular weight is 245 g/mol. The average Bonchev–Trinajstić information content (AvgIpc) is 2.72. The number of aryl methyl sites for hydroxylation is 2. The van der Waals surface area contributed by atoms with Crippen molar-refractivity contribution in [2.45, 2.75) is 19.4 Å². The van der Waals surface area contributed by atoms with E-state index in [1.165, 1.54) is 12.0 Å². The van der Waals surface area contributed by atoms with Gasteiger partial charge in [0.1, 0.15) is 0 Å². The van der Waals surface area contributed by atoms with Gasteiger partial charge in [0, 0.05) is 35.4 Å². The van der Waals surface area contributed by atoms with E-state index in [9.17, 15) is 0 Å². The first kappa shape index (κ1) is 12.0. The largest absolute Gasteiger partial charge is 0.337 e. The minimum atomic E-state index is 0. The molecule has 0 spiro atoms. The van der Waals surface area contributed by atoms with Crippen molar-refractivity contribution in [1.82, 2.24) is 9.55 Å². The van der Waals surface area contributed by atoms with Crippen LogP contribution in [0.2, 0.25) is 0 Å². The number of nitrogens with zero attached hydrogens (tertiary/aromatic N) is 2. The fraction of sp³-hybridized carbons (Fsp3) is 0.250. The monoisotopic (exact) mass is 244 g/mol. The zero-order chi connectivity index (χ0) is 9.64. The van der Waals surface area contributed by atoms with Crippen LogP contribution in [0.5, 0.6) is 0 Å². The molecule has 3 heteroatoms. The zero-order valence-electron chi connectivity index (χ0n) is 8.45. The smallest absolute Gasteiger partial charge is 0.0945 e. The topological polar surface area (TPSA) is 17.8 Å². The molecule has 0 amide bonds. The van der Waals surface area contributed by atoms with Gasteiger partial charge >= 0.3 is 0 Å². The summed E-state index contributed by atoms with van der Waals surface area (Å²) in [7, 11) is 0. The van der Waals surface area contributed by atoms with Crippen molar-refractivity contribution < 1.29 is 16.5 Å². The van der Waals surface area contributed by atoms with Crippen molar-refractivity contribution in [2.24, 2.45) is 0 Å². The van der Waals surface area contributed by atoms with Crippen LogP contribution in [0, 0.1) is 0 Å². The zero-order valence-corrected chi connectivity index (χ0v) is 9.44. The molecule has 0 fully saturated rings. The predicted octanol–water partition coefficient (Wildman–Crippen LogP) is 2.51. The number of benzene rings is 1. The summed E-state index contributed by atoms with van der Waals surface area (Å²) < 4.78 is 2.11. The fourth-order valence-corrected chi connectivity index (χ4v) is 1.53. The molecule has 0 bridgehead atoms. The van der Waals surface area contributed by atoms with Crippen molar-refractivity contribution in [1.29, 1.82) is 0 Å². The molecular weight excluding hydrogens is 231 g/mol. The third-order valence-electron chi connectivity index (χ3n) is 2.28. The molecular formula is C12H14N2Ni. The summed E-state index contributed by atoms with van der Waals surface area (Å²) in [5.74, 6) is 0. The molecule has 0 atom stereocenters. The van der Waals surface area contributed by atoms with E-state index < -0.39 is 0 Å². The van der Waals surface area contributed by atoms with Crippen LogP contribution in [-0.4, -0.2) is 9.55 Å². The second-order valence-electron chi connectivity index (χ2n) is 3.39. The summed E-state index contributed by atoms with van der Waals surface area (Å²) in [5, 5.41) is 0. The van der Waals surface area contributed by atoms with E-state index in [4.69, 9.17) is 0 Å². The van der Waals surface area contributed by atoms with Crippen LogP contribution in [-0.2, 0) is 29.5 Å². The predicted molar refractivity (Wildman–Crippen MR) is 57.0 cm³/mol. The first-order chi connectivity index (χ1) is 6.95. The second-order valence-corrected chi connectivity index (χ2v) is 3.39. The minimum Gasteiger partial charge on any atom is -0.337 e. The molecule has 0 saturated heterocycles. The second kappa shape index (κ2) is 6.42. The van der Waals surface area contributed by atoms with E-state index in [0.717, 1.165) is 13.0 Å². The molecule has 0 radical (unpaired) electrons. The Morgan fingerprint density at radius 3 is 2.60 bits per heavy atom. The Morgan fingerprint density at radius 2 is 1.93 bits per heavy atom. The van der Waals surface area contributed by atoms with Gasteiger partial charge in [-0.2, -0.15) is 0 Å². The molecule has 82 valence electrons. The van der Waals surface area contributed by atoms with E-state index >= 15 is 0 Å². The van der Waals surface area contributed by atoms with E-state index in [1.807, 2.05) is 18.7 Å². The van der Waals surface area contributed by atoms with Gasteiger partial charge in [0.25, 0.3) is 0 Å². The summed E-state index contributed by atoms with van der Waals surface area (Å²) in [6.07, 6.45) is 8.00. The number of rotatable bonds is 4. The van der Waals surface area contributed by atoms with Gasteiger partial charge in [-0.1, -0.05) is 30.3 Å². The molecule has 0 aliphatic rings. The van der Waals surface area contributed by atoms with Crippen LogP contribution >= 0.6 is 0 Å². The van der Waals surface area contributed by atoms with Crippen LogP contribution in [0.1, 0.15) is 12.0 Å². The molecule has 1 heterocycles. The molecule has 2 aromatic rings. The maximum atomic E-state index is 4.01. The Labute approximate surface area is 100 Å². The van der Waals surface area contributed by atoms with Crippen molar-refractivity contribution in [2.75, 3.05) is 0 Å². The van der Waals surface area contributed by atoms with Gasteiger partial charge in [-0.05, 0) is 18.4 Å². The molecule has 2 nitrogen and oxygen atoms in total. The number of hydrogen-bond donors (Lipinski definition) is 0. The van der Waals surface area contributed by atoms with Gasteiger partial charge in [-0.25, -0.2) is 4.98 Å². The van der Waals surface area contributed by atoms with Crippen molar-refractivity contribution in [3.05, 3.63) is 54.6 Å². The third kappa shape index (κ3) is 3.88. The Bertz CT molecular complexity index is 356. The van der Waals surface area contributed by atoms with Gasteiger partial charge in [0.05, 0.1) is 6.33 Å². The molecule has 1 aromatic carbocycles. The molecule has 15 heavy (non-hydrogen) atoms.